The van der Waals surface area contributed by atoms with E-state index in [1.165, 1.54) is 6.20 Å². The van der Waals surface area contributed by atoms with Crippen LogP contribution in [-0.4, -0.2) is 24.9 Å². The Morgan fingerprint density at radius 3 is 3.00 bits per heavy atom. The van der Waals surface area contributed by atoms with E-state index in [0.717, 1.165) is 0 Å². The molecular weight excluding hydrogens is 346 g/mol. The Balaban J connectivity index is 1.83. The second-order valence-electron chi connectivity index (χ2n) is 5.15. The average molecular weight is 356 g/mol. The number of nitrogens with zero attached hydrogens (tertiary/aromatic N) is 5. The number of nitrogens with one attached hydrogen (secondary N) is 1. The topological polar surface area (TPSA) is 136 Å². The molecule has 0 bridgehead atoms. The van der Waals surface area contributed by atoms with Crippen molar-refractivity contribution in [2.45, 2.75) is 6.54 Å². The third kappa shape index (κ3) is 2.81. The van der Waals surface area contributed by atoms with Crippen LogP contribution in [-0.2, 0) is 6.54 Å². The van der Waals surface area contributed by atoms with E-state index < -0.39 is 0 Å². The molecular formula is C15H10ClN7O2. The number of H-pyrrole nitrogens is 1. The number of nitroso groups, excluding NO2 is 1. The summed E-state index contributed by atoms with van der Waals surface area (Å²) in [5.41, 5.74) is 8.09. The molecule has 25 heavy (non-hydrogen) atoms. The predicted molar refractivity (Wildman–Crippen MR) is 91.5 cm³/mol. The summed E-state index contributed by atoms with van der Waals surface area (Å²) in [6.45, 7) is -0.0516. The Hall–Kier alpha value is -3.33. The number of anilines is 1. The number of aromatic amines is 1. The van der Waals surface area contributed by atoms with Gasteiger partial charge in [-0.2, -0.15) is 4.91 Å². The highest BCUT2D eigenvalue weighted by atomic mass is 35.5. The van der Waals surface area contributed by atoms with E-state index in [1.807, 2.05) is 0 Å². The molecule has 0 unspecified atom stereocenters. The van der Waals surface area contributed by atoms with Crippen LogP contribution >= 0.6 is 11.6 Å². The summed E-state index contributed by atoms with van der Waals surface area (Å²) >= 11 is 5.92. The van der Waals surface area contributed by atoms with Gasteiger partial charge < -0.3 is 15.1 Å². The number of rotatable bonds is 4. The van der Waals surface area contributed by atoms with Crippen LogP contribution in [0.4, 0.5) is 5.82 Å². The molecule has 0 aliphatic rings. The molecule has 0 aromatic carbocycles. The van der Waals surface area contributed by atoms with Crippen molar-refractivity contribution in [3.63, 3.8) is 0 Å². The van der Waals surface area contributed by atoms with E-state index in [1.54, 1.807) is 24.4 Å². The number of nitrogens with two attached hydrogens (primary N) is 1. The van der Waals surface area contributed by atoms with Gasteiger partial charge in [0.25, 0.3) is 0 Å². The summed E-state index contributed by atoms with van der Waals surface area (Å²) in [5, 5.41) is 3.06. The first-order valence-electron chi connectivity index (χ1n) is 7.17. The second kappa shape index (κ2) is 5.95. The van der Waals surface area contributed by atoms with Crippen molar-refractivity contribution in [2.24, 2.45) is 5.18 Å². The lowest BCUT2D eigenvalue weighted by Crippen LogP contribution is -1.97. The fourth-order valence-corrected chi connectivity index (χ4v) is 2.55. The molecule has 0 fully saturated rings. The Morgan fingerprint density at radius 1 is 1.28 bits per heavy atom. The van der Waals surface area contributed by atoms with Gasteiger partial charge in [-0.15, -0.1) is 0 Å². The Morgan fingerprint density at radius 2 is 2.16 bits per heavy atom. The van der Waals surface area contributed by atoms with Crippen LogP contribution in [0.15, 0.2) is 40.2 Å². The van der Waals surface area contributed by atoms with Gasteiger partial charge in [-0.05, 0) is 12.1 Å². The Bertz CT molecular complexity index is 1090. The van der Waals surface area contributed by atoms with E-state index in [2.05, 4.69) is 30.1 Å². The van der Waals surface area contributed by atoms with E-state index >= 15 is 0 Å². The molecule has 0 spiro atoms. The lowest BCUT2D eigenvalue weighted by atomic mass is 10.2. The van der Waals surface area contributed by atoms with Gasteiger partial charge in [0.1, 0.15) is 34.5 Å². The zero-order valence-corrected chi connectivity index (χ0v) is 13.4. The lowest BCUT2D eigenvalue weighted by molar-refractivity contribution is 0.523. The summed E-state index contributed by atoms with van der Waals surface area (Å²) < 4.78 is 5.55. The van der Waals surface area contributed by atoms with Gasteiger partial charge in [0.15, 0.2) is 17.2 Å². The Labute approximate surface area is 145 Å². The normalized spacial score (nSPS) is 11.1. The van der Waals surface area contributed by atoms with Crippen LogP contribution in [0.3, 0.4) is 0 Å². The molecule has 0 aliphatic carbocycles. The van der Waals surface area contributed by atoms with Gasteiger partial charge in [-0.25, -0.2) is 19.9 Å². The third-order valence-corrected chi connectivity index (χ3v) is 3.65. The molecule has 0 radical (unpaired) electrons. The number of halogens is 1. The molecule has 9 nitrogen and oxygen atoms in total. The fourth-order valence-electron chi connectivity index (χ4n) is 2.42. The van der Waals surface area contributed by atoms with Crippen LogP contribution in [0.5, 0.6) is 0 Å². The van der Waals surface area contributed by atoms with Gasteiger partial charge >= 0.3 is 0 Å². The fraction of sp³-hybridized carbons (Fsp3) is 0.0667. The monoisotopic (exact) mass is 355 g/mol. The first-order valence-corrected chi connectivity index (χ1v) is 7.54. The van der Waals surface area contributed by atoms with Gasteiger partial charge in [0.2, 0.25) is 0 Å². The standard InChI is InChI=1S/C15H10ClN7O2/c16-11-6-19-15-13(22-11)8(5-18-15)14-21-9(3-12(17)23-14)10-2-1-7(25-10)4-20-24/h1-3,5-6H,4H2,(H,18,19)(H2,17,21,23). The van der Waals surface area contributed by atoms with Crippen LogP contribution in [0.1, 0.15) is 5.76 Å². The molecule has 4 heterocycles. The van der Waals surface area contributed by atoms with Gasteiger partial charge in [0, 0.05) is 12.3 Å². The minimum Gasteiger partial charge on any atom is -0.457 e. The molecule has 4 rings (SSSR count). The molecule has 4 aromatic rings. The van der Waals surface area contributed by atoms with Crippen molar-refractivity contribution in [3.05, 3.63) is 46.4 Å². The highest BCUT2D eigenvalue weighted by Crippen LogP contribution is 2.28. The zero-order chi connectivity index (χ0) is 17.4. The summed E-state index contributed by atoms with van der Waals surface area (Å²) in [5.74, 6) is 1.51. The highest BCUT2D eigenvalue weighted by Gasteiger charge is 2.15. The number of nitrogen functional groups attached to an aromatic ring is 1. The molecule has 0 saturated carbocycles. The first kappa shape index (κ1) is 15.2. The minimum atomic E-state index is -0.0516. The molecule has 124 valence electrons. The number of fused-ring (bicyclic) bond motifs is 1. The molecule has 0 amide bonds. The molecule has 10 heteroatoms. The lowest BCUT2D eigenvalue weighted by Gasteiger charge is -2.03. The van der Waals surface area contributed by atoms with Crippen molar-refractivity contribution in [1.29, 1.82) is 0 Å². The number of hydrogen-bond donors (Lipinski definition) is 2. The average Bonchev–Trinajstić information content (AvgIpc) is 3.21. The van der Waals surface area contributed by atoms with Crippen LogP contribution in [0.25, 0.3) is 34.0 Å². The summed E-state index contributed by atoms with van der Waals surface area (Å²) in [6.07, 6.45) is 3.13. The van der Waals surface area contributed by atoms with Crippen molar-refractivity contribution >= 4 is 28.6 Å². The highest BCUT2D eigenvalue weighted by molar-refractivity contribution is 6.29. The van der Waals surface area contributed by atoms with Crippen LogP contribution < -0.4 is 5.73 Å². The van der Waals surface area contributed by atoms with Gasteiger partial charge in [-0.3, -0.25) is 0 Å². The number of furan rings is 1. The van der Waals surface area contributed by atoms with Gasteiger partial charge in [0.05, 0.1) is 11.8 Å². The van der Waals surface area contributed by atoms with E-state index in [9.17, 15) is 4.91 Å². The molecule has 0 saturated heterocycles. The maximum absolute atomic E-state index is 10.4. The van der Waals surface area contributed by atoms with Crippen LogP contribution in [0, 0.1) is 4.91 Å². The van der Waals surface area contributed by atoms with Gasteiger partial charge in [-0.1, -0.05) is 16.8 Å². The quantitative estimate of drug-likeness (QED) is 0.536. The van der Waals surface area contributed by atoms with Crippen molar-refractivity contribution in [2.75, 3.05) is 5.73 Å². The van der Waals surface area contributed by atoms with Crippen molar-refractivity contribution < 1.29 is 4.42 Å². The molecule has 0 aliphatic heterocycles. The zero-order valence-electron chi connectivity index (χ0n) is 12.6. The third-order valence-electron chi connectivity index (χ3n) is 3.47. The van der Waals surface area contributed by atoms with E-state index in [0.29, 0.717) is 39.8 Å². The smallest absolute Gasteiger partial charge is 0.166 e. The summed E-state index contributed by atoms with van der Waals surface area (Å²) in [4.78, 5) is 30.5. The number of hydrogen-bond acceptors (Lipinski definition) is 8. The van der Waals surface area contributed by atoms with Crippen molar-refractivity contribution in [3.8, 4) is 22.8 Å². The maximum atomic E-state index is 10.4. The molecule has 3 N–H and O–H groups in total. The predicted octanol–water partition coefficient (Wildman–Crippen LogP) is 3.18. The number of aromatic nitrogens is 5. The second-order valence-corrected chi connectivity index (χ2v) is 5.53. The van der Waals surface area contributed by atoms with Crippen molar-refractivity contribution in [1.82, 2.24) is 24.9 Å². The van der Waals surface area contributed by atoms with E-state index in [-0.39, 0.29) is 17.5 Å². The minimum absolute atomic E-state index is 0.0516. The largest absolute Gasteiger partial charge is 0.457 e. The van der Waals surface area contributed by atoms with E-state index in [4.69, 9.17) is 21.8 Å². The SMILES string of the molecule is Nc1cc(-c2ccc(CN=O)o2)nc(-c2c[nH]c3ncc(Cl)nc23)n1. The maximum Gasteiger partial charge on any atom is 0.166 e. The first-order chi connectivity index (χ1) is 12.1. The molecule has 4 aromatic heterocycles. The Kier molecular flexibility index (Phi) is 3.62. The van der Waals surface area contributed by atoms with Crippen LogP contribution in [0.2, 0.25) is 5.15 Å². The summed E-state index contributed by atoms with van der Waals surface area (Å²) in [6, 6.07) is 4.93. The summed E-state index contributed by atoms with van der Waals surface area (Å²) in [7, 11) is 0. The molecule has 0 atom stereocenters.